The number of likely N-dealkylation sites (N-methyl/N-ethyl adjacent to an activating group) is 1. The number of anilines is 1. The number of piperazine rings is 1. The zero-order chi connectivity index (χ0) is 12.5. The van der Waals surface area contributed by atoms with Crippen molar-refractivity contribution < 1.29 is 9.88 Å². The average Bonchev–Trinajstić information content (AvgIpc) is 2.38. The fourth-order valence-electron chi connectivity index (χ4n) is 2.56. The van der Waals surface area contributed by atoms with Crippen LogP contribution in [0, 0.1) is 0 Å². The third-order valence-electron chi connectivity index (χ3n) is 3.70. The van der Waals surface area contributed by atoms with Gasteiger partial charge >= 0.3 is 0 Å². The van der Waals surface area contributed by atoms with Gasteiger partial charge in [0.15, 0.2) is 6.20 Å². The molecule has 2 N–H and O–H groups in total. The third kappa shape index (κ3) is 2.16. The van der Waals surface area contributed by atoms with E-state index in [0.717, 1.165) is 23.6 Å². The maximum atomic E-state index is 6.04. The first kappa shape index (κ1) is 11.8. The van der Waals surface area contributed by atoms with Gasteiger partial charge in [-0.2, -0.15) is 0 Å². The van der Waals surface area contributed by atoms with Crippen molar-refractivity contribution in [1.82, 2.24) is 0 Å². The number of aromatic nitrogens is 1. The summed E-state index contributed by atoms with van der Waals surface area (Å²) in [5.41, 5.74) is 2.42. The quantitative estimate of drug-likeness (QED) is 0.802. The van der Waals surface area contributed by atoms with Crippen molar-refractivity contribution in [3.63, 3.8) is 0 Å². The van der Waals surface area contributed by atoms with E-state index in [9.17, 15) is 0 Å². The van der Waals surface area contributed by atoms with E-state index in [4.69, 9.17) is 11.6 Å². The summed E-state index contributed by atoms with van der Waals surface area (Å²) in [6.07, 6.45) is 2.00. The molecule has 0 unspecified atom stereocenters. The molecule has 1 aromatic carbocycles. The Hall–Kier alpha value is -1.32. The van der Waals surface area contributed by atoms with Gasteiger partial charge in [-0.05, 0) is 12.1 Å². The predicted octanol–water partition coefficient (Wildman–Crippen LogP) is 0.642. The molecule has 2 aromatic rings. The van der Waals surface area contributed by atoms with Crippen molar-refractivity contribution in [2.45, 2.75) is 0 Å². The highest BCUT2D eigenvalue weighted by Gasteiger charge is 2.19. The second kappa shape index (κ2) is 4.75. The minimum atomic E-state index is 0.777. The Kier molecular flexibility index (Phi) is 3.10. The molecule has 0 amide bonds. The van der Waals surface area contributed by atoms with Gasteiger partial charge in [-0.3, -0.25) is 0 Å². The molecule has 4 heteroatoms. The van der Waals surface area contributed by atoms with Crippen LogP contribution in [0.3, 0.4) is 0 Å². The van der Waals surface area contributed by atoms with E-state index < -0.39 is 0 Å². The van der Waals surface area contributed by atoms with Crippen molar-refractivity contribution in [1.29, 1.82) is 0 Å². The van der Waals surface area contributed by atoms with Crippen molar-refractivity contribution in [3.8, 4) is 0 Å². The largest absolute Gasteiger partial charge is 0.359 e. The Morgan fingerprint density at radius 2 is 2.00 bits per heavy atom. The molecule has 1 saturated heterocycles. The molecule has 0 spiro atoms. The van der Waals surface area contributed by atoms with Gasteiger partial charge < -0.3 is 9.80 Å². The van der Waals surface area contributed by atoms with Crippen LogP contribution in [0.2, 0.25) is 5.02 Å². The number of rotatable bonds is 1. The van der Waals surface area contributed by atoms with E-state index in [1.807, 2.05) is 18.3 Å². The van der Waals surface area contributed by atoms with Crippen molar-refractivity contribution in [3.05, 3.63) is 35.5 Å². The van der Waals surface area contributed by atoms with Crippen molar-refractivity contribution >= 4 is 28.2 Å². The summed E-state index contributed by atoms with van der Waals surface area (Å²) >= 11 is 6.04. The molecule has 1 aromatic heterocycles. The van der Waals surface area contributed by atoms with Crippen LogP contribution in [-0.2, 0) is 0 Å². The minimum absolute atomic E-state index is 0.777. The van der Waals surface area contributed by atoms with Crippen LogP contribution < -0.4 is 14.8 Å². The van der Waals surface area contributed by atoms with E-state index >= 15 is 0 Å². The molecule has 18 heavy (non-hydrogen) atoms. The molecule has 3 rings (SSSR count). The highest BCUT2D eigenvalue weighted by molar-refractivity contribution is 6.31. The number of hydrogen-bond acceptors (Lipinski definition) is 1. The van der Waals surface area contributed by atoms with Crippen LogP contribution in [0.15, 0.2) is 30.5 Å². The van der Waals surface area contributed by atoms with Crippen LogP contribution >= 0.6 is 11.6 Å². The molecule has 0 aliphatic carbocycles. The monoisotopic (exact) mass is 263 g/mol. The molecule has 94 valence electrons. The van der Waals surface area contributed by atoms with Crippen LogP contribution in [0.1, 0.15) is 0 Å². The molecule has 1 aliphatic rings. The van der Waals surface area contributed by atoms with Gasteiger partial charge in [0.05, 0.1) is 44.3 Å². The van der Waals surface area contributed by atoms with Crippen LogP contribution in [0.4, 0.5) is 5.69 Å². The van der Waals surface area contributed by atoms with Gasteiger partial charge in [-0.15, -0.1) is 0 Å². The number of quaternary nitrogens is 1. The predicted molar refractivity (Wildman–Crippen MR) is 74.3 cm³/mol. The summed E-state index contributed by atoms with van der Waals surface area (Å²) in [5, 5.41) is 2.03. The Morgan fingerprint density at radius 3 is 2.78 bits per heavy atom. The number of halogens is 1. The van der Waals surface area contributed by atoms with Crippen LogP contribution in [0.25, 0.3) is 10.9 Å². The summed E-state index contributed by atoms with van der Waals surface area (Å²) in [7, 11) is 2.26. The maximum Gasteiger partial charge on any atom is 0.214 e. The SMILES string of the molecule is C[NH+]1CCN(c2cc[nH+]c3cc(Cl)ccc23)CC1. The molecule has 1 fully saturated rings. The second-order valence-electron chi connectivity index (χ2n) is 5.00. The van der Waals surface area contributed by atoms with Gasteiger partial charge in [0.1, 0.15) is 0 Å². The fraction of sp³-hybridized carbons (Fsp3) is 0.357. The Morgan fingerprint density at radius 1 is 1.22 bits per heavy atom. The number of nitrogens with zero attached hydrogens (tertiary/aromatic N) is 1. The smallest absolute Gasteiger partial charge is 0.214 e. The lowest BCUT2D eigenvalue weighted by Gasteiger charge is -2.31. The van der Waals surface area contributed by atoms with E-state index in [1.54, 1.807) is 4.90 Å². The molecule has 3 nitrogen and oxygen atoms in total. The molecule has 0 saturated carbocycles. The number of hydrogen-bond donors (Lipinski definition) is 1. The molecule has 1 aliphatic heterocycles. The molecular formula is C14H18ClN3+2. The number of nitrogens with one attached hydrogen (secondary N) is 2. The van der Waals surface area contributed by atoms with Gasteiger partial charge in [0.25, 0.3) is 0 Å². The maximum absolute atomic E-state index is 6.04. The number of aromatic amines is 1. The molecule has 0 atom stereocenters. The minimum Gasteiger partial charge on any atom is -0.359 e. The number of fused-ring (bicyclic) bond motifs is 1. The summed E-state index contributed by atoms with van der Waals surface area (Å²) in [6, 6.07) is 8.22. The first-order valence-corrected chi connectivity index (χ1v) is 6.78. The highest BCUT2D eigenvalue weighted by atomic mass is 35.5. The van der Waals surface area contributed by atoms with Crippen LogP contribution in [-0.4, -0.2) is 33.2 Å². The third-order valence-corrected chi connectivity index (χ3v) is 3.93. The van der Waals surface area contributed by atoms with E-state index in [1.165, 1.54) is 24.2 Å². The van der Waals surface area contributed by atoms with Gasteiger partial charge in [-0.25, -0.2) is 4.98 Å². The fourth-order valence-corrected chi connectivity index (χ4v) is 2.74. The number of H-pyrrole nitrogens is 1. The average molecular weight is 264 g/mol. The highest BCUT2D eigenvalue weighted by Crippen LogP contribution is 2.25. The lowest BCUT2D eigenvalue weighted by Crippen LogP contribution is -3.12. The number of pyridine rings is 1. The summed E-state index contributed by atoms with van der Waals surface area (Å²) in [4.78, 5) is 7.35. The zero-order valence-electron chi connectivity index (χ0n) is 10.5. The summed E-state index contributed by atoms with van der Waals surface area (Å²) < 4.78 is 0. The number of benzene rings is 1. The lowest BCUT2D eigenvalue weighted by molar-refractivity contribution is -0.880. The molecular weight excluding hydrogens is 246 g/mol. The Labute approximate surface area is 112 Å². The Bertz CT molecular complexity index is 562. The zero-order valence-corrected chi connectivity index (χ0v) is 11.3. The summed E-state index contributed by atoms with van der Waals surface area (Å²) in [6.45, 7) is 4.64. The summed E-state index contributed by atoms with van der Waals surface area (Å²) in [5.74, 6) is 0. The normalized spacial score (nSPS) is 17.3. The molecule has 0 bridgehead atoms. The van der Waals surface area contributed by atoms with Crippen molar-refractivity contribution in [2.24, 2.45) is 0 Å². The first-order chi connectivity index (χ1) is 8.74. The standard InChI is InChI=1S/C14H16ClN3/c1-17-6-8-18(9-7-17)14-4-5-16-13-10-11(15)2-3-12(13)14/h2-5,10H,6-9H2,1H3/p+2. The second-order valence-corrected chi connectivity index (χ2v) is 5.43. The van der Waals surface area contributed by atoms with E-state index in [-0.39, 0.29) is 0 Å². The van der Waals surface area contributed by atoms with E-state index in [0.29, 0.717) is 0 Å². The molecule has 2 heterocycles. The molecule has 0 radical (unpaired) electrons. The van der Waals surface area contributed by atoms with Gasteiger partial charge in [0, 0.05) is 17.2 Å². The van der Waals surface area contributed by atoms with Gasteiger partial charge in [-0.1, -0.05) is 11.6 Å². The lowest BCUT2D eigenvalue weighted by atomic mass is 10.1. The van der Waals surface area contributed by atoms with E-state index in [2.05, 4.69) is 29.1 Å². The van der Waals surface area contributed by atoms with Gasteiger partial charge in [0.2, 0.25) is 5.52 Å². The topological polar surface area (TPSA) is 21.8 Å². The van der Waals surface area contributed by atoms with Crippen LogP contribution in [0.5, 0.6) is 0 Å². The Balaban J connectivity index is 2.01. The van der Waals surface area contributed by atoms with Crippen molar-refractivity contribution in [2.75, 3.05) is 38.1 Å². The first-order valence-electron chi connectivity index (χ1n) is 6.40.